The lowest BCUT2D eigenvalue weighted by molar-refractivity contribution is -0.133. The first kappa shape index (κ1) is 18.9. The Morgan fingerprint density at radius 3 is 2.50 bits per heavy atom. The summed E-state index contributed by atoms with van der Waals surface area (Å²) in [6.07, 6.45) is 0.404. The molecule has 0 aliphatic heterocycles. The van der Waals surface area contributed by atoms with E-state index in [1.807, 2.05) is 20.8 Å². The van der Waals surface area contributed by atoms with Crippen molar-refractivity contribution in [2.45, 2.75) is 50.9 Å². The van der Waals surface area contributed by atoms with Gasteiger partial charge in [0.15, 0.2) is 14.0 Å². The zero-order valence-electron chi connectivity index (χ0n) is 14.3. The Hall–Kier alpha value is -1.45. The maximum Gasteiger partial charge on any atom is 0.299 e. The van der Waals surface area contributed by atoms with Gasteiger partial charge in [-0.15, -0.1) is 10.2 Å². The summed E-state index contributed by atoms with van der Waals surface area (Å²) in [5.74, 6) is -4.49. The number of halogens is 3. The summed E-state index contributed by atoms with van der Waals surface area (Å²) in [7, 11) is -2.65. The van der Waals surface area contributed by atoms with Crippen molar-refractivity contribution in [3.05, 3.63) is 30.0 Å². The Morgan fingerprint density at radius 1 is 1.33 bits per heavy atom. The fourth-order valence-corrected chi connectivity index (χ4v) is 3.23. The van der Waals surface area contributed by atoms with Gasteiger partial charge in [-0.1, -0.05) is 20.8 Å². The number of aromatic nitrogens is 3. The van der Waals surface area contributed by atoms with Crippen LogP contribution >= 0.6 is 0 Å². The molecule has 1 N–H and O–H groups in total. The summed E-state index contributed by atoms with van der Waals surface area (Å²) in [4.78, 5) is 0. The van der Waals surface area contributed by atoms with Gasteiger partial charge in [-0.05, 0) is 24.2 Å². The number of hydrogen-bond acceptors (Lipinski definition) is 4. The Kier molecular flexibility index (Phi) is 4.82. The van der Waals surface area contributed by atoms with E-state index >= 15 is 0 Å². The molecule has 134 valence electrons. The summed E-state index contributed by atoms with van der Waals surface area (Å²) in [6.45, 7) is 7.83. The van der Waals surface area contributed by atoms with E-state index in [1.54, 1.807) is 13.1 Å². The molecule has 0 radical (unpaired) electrons. The standard InChI is InChI=1S/C15H22F3N3O2Si/c1-14(2,3)24(4,5)23-13(15(17,18)8-22)10-6-12-20-19-9-21(12)7-11(10)16/h6-7,9,13,22H,8H2,1-5H3. The van der Waals surface area contributed by atoms with E-state index in [0.29, 0.717) is 0 Å². The molecule has 1 atom stereocenters. The van der Waals surface area contributed by atoms with Gasteiger partial charge in [0.2, 0.25) is 0 Å². The number of hydrogen-bond donors (Lipinski definition) is 1. The maximum absolute atomic E-state index is 14.4. The normalized spacial score (nSPS) is 15.0. The third kappa shape index (κ3) is 3.47. The van der Waals surface area contributed by atoms with Crippen LogP contribution in [0.2, 0.25) is 18.1 Å². The molecule has 24 heavy (non-hydrogen) atoms. The number of rotatable bonds is 5. The predicted molar refractivity (Wildman–Crippen MR) is 86.0 cm³/mol. The third-order valence-corrected chi connectivity index (χ3v) is 8.95. The summed E-state index contributed by atoms with van der Waals surface area (Å²) in [6, 6.07) is 1.18. The average Bonchev–Trinajstić information content (AvgIpc) is 2.89. The number of aliphatic hydroxyl groups is 1. The molecule has 2 heterocycles. The van der Waals surface area contributed by atoms with Crippen molar-refractivity contribution in [1.29, 1.82) is 0 Å². The molecule has 0 saturated heterocycles. The molecule has 0 saturated carbocycles. The van der Waals surface area contributed by atoms with Crippen LogP contribution in [-0.4, -0.2) is 40.6 Å². The van der Waals surface area contributed by atoms with E-state index < -0.39 is 32.8 Å². The van der Waals surface area contributed by atoms with E-state index in [-0.39, 0.29) is 16.2 Å². The second-order valence-corrected chi connectivity index (χ2v) is 12.1. The van der Waals surface area contributed by atoms with Gasteiger partial charge in [0, 0.05) is 11.8 Å². The van der Waals surface area contributed by atoms with Crippen LogP contribution in [0.25, 0.3) is 5.65 Å². The smallest absolute Gasteiger partial charge is 0.299 e. The van der Waals surface area contributed by atoms with E-state index in [0.717, 1.165) is 6.20 Å². The lowest BCUT2D eigenvalue weighted by Gasteiger charge is -2.41. The Balaban J connectivity index is 2.55. The van der Waals surface area contributed by atoms with Crippen LogP contribution in [0.1, 0.15) is 32.4 Å². The second kappa shape index (κ2) is 6.12. The van der Waals surface area contributed by atoms with Crippen molar-refractivity contribution < 1.29 is 22.7 Å². The number of pyridine rings is 1. The van der Waals surface area contributed by atoms with Crippen molar-refractivity contribution in [2.75, 3.05) is 6.61 Å². The average molecular weight is 361 g/mol. The first-order valence-corrected chi connectivity index (χ1v) is 10.4. The second-order valence-electron chi connectivity index (χ2n) is 7.35. The third-order valence-electron chi connectivity index (χ3n) is 4.51. The molecule has 2 rings (SSSR count). The van der Waals surface area contributed by atoms with Crippen LogP contribution in [0.4, 0.5) is 13.2 Å². The number of alkyl halides is 2. The zero-order chi connectivity index (χ0) is 18.3. The van der Waals surface area contributed by atoms with E-state index in [4.69, 9.17) is 9.53 Å². The maximum atomic E-state index is 14.4. The van der Waals surface area contributed by atoms with Crippen LogP contribution in [0.3, 0.4) is 0 Å². The summed E-state index contributed by atoms with van der Waals surface area (Å²) in [5.41, 5.74) is -0.108. The van der Waals surface area contributed by atoms with Crippen molar-refractivity contribution in [1.82, 2.24) is 14.6 Å². The molecule has 0 spiro atoms. The van der Waals surface area contributed by atoms with Gasteiger partial charge in [-0.2, -0.15) is 0 Å². The highest BCUT2D eigenvalue weighted by atomic mass is 28.4. The minimum Gasteiger partial charge on any atom is -0.404 e. The first-order valence-electron chi connectivity index (χ1n) is 7.54. The molecule has 0 fully saturated rings. The van der Waals surface area contributed by atoms with Gasteiger partial charge in [0.05, 0.1) is 0 Å². The molecule has 0 aliphatic carbocycles. The van der Waals surface area contributed by atoms with Gasteiger partial charge in [0.1, 0.15) is 24.9 Å². The summed E-state index contributed by atoms with van der Waals surface area (Å²) >= 11 is 0. The number of nitrogens with zero attached hydrogens (tertiary/aromatic N) is 3. The van der Waals surface area contributed by atoms with Gasteiger partial charge >= 0.3 is 0 Å². The highest BCUT2D eigenvalue weighted by Gasteiger charge is 2.48. The lowest BCUT2D eigenvalue weighted by atomic mass is 10.0. The number of aliphatic hydroxyl groups excluding tert-OH is 1. The molecule has 2 aromatic heterocycles. The van der Waals surface area contributed by atoms with Crippen molar-refractivity contribution in [3.8, 4) is 0 Å². The van der Waals surface area contributed by atoms with Gasteiger partial charge in [0.25, 0.3) is 5.92 Å². The first-order chi connectivity index (χ1) is 10.9. The van der Waals surface area contributed by atoms with Crippen LogP contribution in [0.15, 0.2) is 18.6 Å². The highest BCUT2D eigenvalue weighted by molar-refractivity contribution is 6.74. The molecule has 0 amide bonds. The van der Waals surface area contributed by atoms with Crippen LogP contribution in [0.5, 0.6) is 0 Å². The van der Waals surface area contributed by atoms with Gasteiger partial charge < -0.3 is 9.53 Å². The summed E-state index contributed by atoms with van der Waals surface area (Å²) < 4.78 is 50.2. The topological polar surface area (TPSA) is 59.7 Å². The lowest BCUT2D eigenvalue weighted by Crippen LogP contribution is -2.46. The molecule has 1 unspecified atom stereocenters. The monoisotopic (exact) mass is 361 g/mol. The van der Waals surface area contributed by atoms with Gasteiger partial charge in [-0.3, -0.25) is 4.40 Å². The highest BCUT2D eigenvalue weighted by Crippen LogP contribution is 2.44. The van der Waals surface area contributed by atoms with E-state index in [1.165, 1.54) is 16.8 Å². The fourth-order valence-electron chi connectivity index (χ4n) is 1.99. The Morgan fingerprint density at radius 2 is 1.96 bits per heavy atom. The van der Waals surface area contributed by atoms with Crippen LogP contribution in [0, 0.1) is 5.82 Å². The molecule has 0 aromatic carbocycles. The molecular weight excluding hydrogens is 339 g/mol. The quantitative estimate of drug-likeness (QED) is 0.828. The zero-order valence-corrected chi connectivity index (χ0v) is 15.3. The van der Waals surface area contributed by atoms with Crippen molar-refractivity contribution >= 4 is 14.0 Å². The molecule has 5 nitrogen and oxygen atoms in total. The number of fused-ring (bicyclic) bond motifs is 1. The van der Waals surface area contributed by atoms with Crippen LogP contribution < -0.4 is 0 Å². The minimum absolute atomic E-state index is 0.226. The molecule has 0 bridgehead atoms. The Labute approximate surface area is 139 Å². The van der Waals surface area contributed by atoms with Crippen molar-refractivity contribution in [3.63, 3.8) is 0 Å². The fraction of sp³-hybridized carbons (Fsp3) is 0.600. The largest absolute Gasteiger partial charge is 0.404 e. The van der Waals surface area contributed by atoms with E-state index in [9.17, 15) is 13.2 Å². The van der Waals surface area contributed by atoms with Gasteiger partial charge in [-0.25, -0.2) is 13.2 Å². The predicted octanol–water partition coefficient (Wildman–Crippen LogP) is 3.56. The van der Waals surface area contributed by atoms with Crippen LogP contribution in [-0.2, 0) is 4.43 Å². The summed E-state index contributed by atoms with van der Waals surface area (Å²) in [5, 5.41) is 16.1. The molecule has 2 aromatic rings. The molecule has 0 aliphatic rings. The minimum atomic E-state index is -3.63. The van der Waals surface area contributed by atoms with E-state index in [2.05, 4.69) is 10.2 Å². The SMILES string of the molecule is CC(C)(C)[Si](C)(C)OC(c1cc2nncn2cc1F)C(F)(F)CO. The van der Waals surface area contributed by atoms with Crippen molar-refractivity contribution in [2.24, 2.45) is 0 Å². The molecule has 9 heteroatoms. The Bertz CT molecular complexity index is 728. The molecular formula is C15H22F3N3O2Si.